The summed E-state index contributed by atoms with van der Waals surface area (Å²) in [7, 11) is 0. The van der Waals surface area contributed by atoms with E-state index in [0.717, 1.165) is 12.2 Å². The maximum absolute atomic E-state index is 6.16. The van der Waals surface area contributed by atoms with Crippen LogP contribution in [0.2, 0.25) is 5.02 Å². The summed E-state index contributed by atoms with van der Waals surface area (Å²) in [5.74, 6) is 0. The third kappa shape index (κ3) is 3.79. The van der Waals surface area contributed by atoms with Crippen molar-refractivity contribution in [3.05, 3.63) is 23.2 Å². The molecule has 1 aliphatic heterocycles. The highest BCUT2D eigenvalue weighted by atomic mass is 35.5. The van der Waals surface area contributed by atoms with Gasteiger partial charge in [-0.05, 0) is 51.1 Å². The lowest BCUT2D eigenvalue weighted by Crippen LogP contribution is -2.38. The number of rotatable bonds is 4. The van der Waals surface area contributed by atoms with Crippen molar-refractivity contribution < 1.29 is 0 Å². The van der Waals surface area contributed by atoms with Gasteiger partial charge in [-0.1, -0.05) is 18.0 Å². The van der Waals surface area contributed by atoms with Gasteiger partial charge in [-0.2, -0.15) is 0 Å². The Morgan fingerprint density at radius 2 is 2.06 bits per heavy atom. The summed E-state index contributed by atoms with van der Waals surface area (Å²) in [6, 6.07) is 6.01. The van der Waals surface area contributed by atoms with Crippen LogP contribution < -0.4 is 11.1 Å². The Kier molecular flexibility index (Phi) is 4.72. The van der Waals surface area contributed by atoms with Crippen LogP contribution in [0.4, 0.5) is 11.4 Å². The standard InChI is InChI=1S/C14H22ClN3/c1-11(10-18-7-3-2-4-8-18)17-14-6-5-12(16)9-13(14)15/h5-6,9,11,17H,2-4,7-8,10,16H2,1H3. The fraction of sp³-hybridized carbons (Fsp3) is 0.571. The van der Waals surface area contributed by atoms with E-state index in [-0.39, 0.29) is 0 Å². The molecule has 1 atom stereocenters. The molecular formula is C14H22ClN3. The van der Waals surface area contributed by atoms with Gasteiger partial charge >= 0.3 is 0 Å². The average Bonchev–Trinajstić information content (AvgIpc) is 2.34. The van der Waals surface area contributed by atoms with Crippen LogP contribution in [-0.2, 0) is 0 Å². The minimum atomic E-state index is 0.393. The lowest BCUT2D eigenvalue weighted by molar-refractivity contribution is 0.223. The number of piperidine rings is 1. The Balaban J connectivity index is 1.87. The van der Waals surface area contributed by atoms with Gasteiger partial charge in [0.2, 0.25) is 0 Å². The van der Waals surface area contributed by atoms with Crippen LogP contribution in [0, 0.1) is 0 Å². The molecule has 0 saturated carbocycles. The number of anilines is 2. The Morgan fingerprint density at radius 1 is 1.33 bits per heavy atom. The minimum absolute atomic E-state index is 0.393. The third-order valence-electron chi connectivity index (χ3n) is 3.38. The highest BCUT2D eigenvalue weighted by Gasteiger charge is 2.13. The molecule has 1 aromatic carbocycles. The largest absolute Gasteiger partial charge is 0.399 e. The molecular weight excluding hydrogens is 246 g/mol. The fourth-order valence-corrected chi connectivity index (χ4v) is 2.73. The molecule has 100 valence electrons. The predicted octanol–water partition coefficient (Wildman–Crippen LogP) is 3.21. The second-order valence-electron chi connectivity index (χ2n) is 5.15. The first kappa shape index (κ1) is 13.5. The molecule has 0 bridgehead atoms. The molecule has 2 rings (SSSR count). The number of hydrogen-bond donors (Lipinski definition) is 2. The highest BCUT2D eigenvalue weighted by Crippen LogP contribution is 2.24. The molecule has 1 aliphatic rings. The first-order valence-electron chi connectivity index (χ1n) is 6.69. The van der Waals surface area contributed by atoms with Gasteiger partial charge in [-0.15, -0.1) is 0 Å². The maximum Gasteiger partial charge on any atom is 0.0658 e. The van der Waals surface area contributed by atoms with Crippen LogP contribution in [-0.4, -0.2) is 30.6 Å². The van der Waals surface area contributed by atoms with E-state index in [1.54, 1.807) is 6.07 Å². The Hall–Kier alpha value is -0.930. The van der Waals surface area contributed by atoms with E-state index in [1.807, 2.05) is 12.1 Å². The molecule has 1 aromatic rings. The zero-order valence-corrected chi connectivity index (χ0v) is 11.7. The lowest BCUT2D eigenvalue weighted by atomic mass is 10.1. The molecule has 0 aliphatic carbocycles. The van der Waals surface area contributed by atoms with E-state index < -0.39 is 0 Å². The number of halogens is 1. The van der Waals surface area contributed by atoms with Gasteiger partial charge in [0.15, 0.2) is 0 Å². The summed E-state index contributed by atoms with van der Waals surface area (Å²) >= 11 is 6.16. The van der Waals surface area contributed by atoms with Crippen molar-refractivity contribution in [3.8, 4) is 0 Å². The summed E-state index contributed by atoms with van der Waals surface area (Å²) in [6.45, 7) is 5.71. The first-order chi connectivity index (χ1) is 8.65. The molecule has 1 fully saturated rings. The van der Waals surface area contributed by atoms with Crippen molar-refractivity contribution in [2.24, 2.45) is 0 Å². The van der Waals surface area contributed by atoms with Crippen molar-refractivity contribution in [3.63, 3.8) is 0 Å². The quantitative estimate of drug-likeness (QED) is 0.823. The summed E-state index contributed by atoms with van der Waals surface area (Å²) in [4.78, 5) is 2.52. The Labute approximate surface area is 114 Å². The van der Waals surface area contributed by atoms with Crippen molar-refractivity contribution in [1.29, 1.82) is 0 Å². The van der Waals surface area contributed by atoms with Crippen LogP contribution in [0.1, 0.15) is 26.2 Å². The molecule has 18 heavy (non-hydrogen) atoms. The average molecular weight is 268 g/mol. The topological polar surface area (TPSA) is 41.3 Å². The van der Waals surface area contributed by atoms with Crippen molar-refractivity contribution in [1.82, 2.24) is 4.90 Å². The van der Waals surface area contributed by atoms with Crippen molar-refractivity contribution >= 4 is 23.0 Å². The van der Waals surface area contributed by atoms with Gasteiger partial charge < -0.3 is 16.0 Å². The SMILES string of the molecule is CC(CN1CCCCC1)Nc1ccc(N)cc1Cl. The zero-order valence-electron chi connectivity index (χ0n) is 11.0. The van der Waals surface area contributed by atoms with Crippen LogP contribution in [0.25, 0.3) is 0 Å². The van der Waals surface area contributed by atoms with Gasteiger partial charge in [0.1, 0.15) is 0 Å². The summed E-state index contributed by atoms with van der Waals surface area (Å²) < 4.78 is 0. The van der Waals surface area contributed by atoms with E-state index in [4.69, 9.17) is 17.3 Å². The second kappa shape index (κ2) is 6.30. The fourth-order valence-electron chi connectivity index (χ4n) is 2.49. The van der Waals surface area contributed by atoms with E-state index >= 15 is 0 Å². The molecule has 4 heteroatoms. The summed E-state index contributed by atoms with van der Waals surface area (Å²) in [5.41, 5.74) is 7.36. The van der Waals surface area contributed by atoms with Crippen LogP contribution in [0.15, 0.2) is 18.2 Å². The van der Waals surface area contributed by atoms with Crippen LogP contribution in [0.5, 0.6) is 0 Å². The van der Waals surface area contributed by atoms with Crippen LogP contribution >= 0.6 is 11.6 Å². The Bertz CT molecular complexity index is 389. The molecule has 0 amide bonds. The molecule has 0 radical (unpaired) electrons. The summed E-state index contributed by atoms with van der Waals surface area (Å²) in [6.07, 6.45) is 4.03. The van der Waals surface area contributed by atoms with E-state index in [1.165, 1.54) is 32.4 Å². The van der Waals surface area contributed by atoms with Gasteiger partial charge in [0, 0.05) is 18.3 Å². The minimum Gasteiger partial charge on any atom is -0.399 e. The van der Waals surface area contributed by atoms with Gasteiger partial charge in [-0.3, -0.25) is 0 Å². The number of likely N-dealkylation sites (tertiary alicyclic amines) is 1. The number of benzene rings is 1. The number of nitrogens with one attached hydrogen (secondary N) is 1. The predicted molar refractivity (Wildman–Crippen MR) is 79.2 cm³/mol. The van der Waals surface area contributed by atoms with Crippen molar-refractivity contribution in [2.45, 2.75) is 32.2 Å². The zero-order chi connectivity index (χ0) is 13.0. The number of nitrogens with zero attached hydrogens (tertiary/aromatic N) is 1. The molecule has 1 saturated heterocycles. The normalized spacial score (nSPS) is 18.6. The van der Waals surface area contributed by atoms with Gasteiger partial charge in [-0.25, -0.2) is 0 Å². The summed E-state index contributed by atoms with van der Waals surface area (Å²) in [5, 5.41) is 4.15. The van der Waals surface area contributed by atoms with Crippen LogP contribution in [0.3, 0.4) is 0 Å². The number of nitrogens with two attached hydrogens (primary N) is 1. The molecule has 0 spiro atoms. The highest BCUT2D eigenvalue weighted by molar-refractivity contribution is 6.33. The van der Waals surface area contributed by atoms with Gasteiger partial charge in [0.05, 0.1) is 10.7 Å². The second-order valence-corrected chi connectivity index (χ2v) is 5.55. The van der Waals surface area contributed by atoms with Gasteiger partial charge in [0.25, 0.3) is 0 Å². The monoisotopic (exact) mass is 267 g/mol. The van der Waals surface area contributed by atoms with E-state index in [2.05, 4.69) is 17.1 Å². The van der Waals surface area contributed by atoms with E-state index in [0.29, 0.717) is 16.8 Å². The lowest BCUT2D eigenvalue weighted by Gasteiger charge is -2.29. The van der Waals surface area contributed by atoms with Crippen molar-refractivity contribution in [2.75, 3.05) is 30.7 Å². The smallest absolute Gasteiger partial charge is 0.0658 e. The number of hydrogen-bond acceptors (Lipinski definition) is 3. The maximum atomic E-state index is 6.16. The first-order valence-corrected chi connectivity index (χ1v) is 7.07. The molecule has 3 N–H and O–H groups in total. The van der Waals surface area contributed by atoms with E-state index in [9.17, 15) is 0 Å². The Morgan fingerprint density at radius 3 is 2.72 bits per heavy atom. The molecule has 0 aromatic heterocycles. The molecule has 1 unspecified atom stereocenters. The molecule has 1 heterocycles. The third-order valence-corrected chi connectivity index (χ3v) is 3.69. The molecule has 3 nitrogen and oxygen atoms in total. The number of nitrogen functional groups attached to an aromatic ring is 1.